The van der Waals surface area contributed by atoms with E-state index in [-0.39, 0.29) is 5.82 Å². The molecule has 0 spiro atoms. The van der Waals surface area contributed by atoms with Crippen molar-refractivity contribution in [1.29, 1.82) is 5.26 Å². The third kappa shape index (κ3) is 2.58. The smallest absolute Gasteiger partial charge is 0.228 e. The second kappa shape index (κ2) is 5.92. The monoisotopic (exact) mass is 349 g/mol. The molecule has 0 bridgehead atoms. The first-order valence-electron chi connectivity index (χ1n) is 7.47. The maximum Gasteiger partial charge on any atom is 0.228 e. The lowest BCUT2D eigenvalue weighted by molar-refractivity contribution is 0.795. The molecular weight excluding hydrogens is 338 g/mol. The van der Waals surface area contributed by atoms with Gasteiger partial charge in [0.15, 0.2) is 5.82 Å². The predicted molar refractivity (Wildman–Crippen MR) is 94.1 cm³/mol. The van der Waals surface area contributed by atoms with Crippen LogP contribution in [0.1, 0.15) is 11.6 Å². The molecule has 1 aromatic carbocycles. The Labute approximate surface area is 148 Å². The molecule has 2 aromatic heterocycles. The number of nitrogens with one attached hydrogen (secondary N) is 1. The molecule has 0 saturated carbocycles. The van der Waals surface area contributed by atoms with Crippen molar-refractivity contribution in [2.24, 2.45) is 5.73 Å². The summed E-state index contributed by atoms with van der Waals surface area (Å²) in [6.07, 6.45) is 3.33. The molecule has 0 aliphatic carbocycles. The molecule has 1 unspecified atom stereocenters. The number of pyridine rings is 1. The number of hydrogen-bond donors (Lipinski definition) is 2. The lowest BCUT2D eigenvalue weighted by Crippen LogP contribution is -2.27. The molecule has 4 rings (SSSR count). The number of nitriles is 1. The highest BCUT2D eigenvalue weighted by Crippen LogP contribution is 2.34. The van der Waals surface area contributed by atoms with Crippen LogP contribution >= 0.6 is 11.6 Å². The summed E-state index contributed by atoms with van der Waals surface area (Å²) in [5.74, 6) is 1.23. The molecule has 122 valence electrons. The Balaban J connectivity index is 1.80. The maximum absolute atomic E-state index is 9.57. The average molecular weight is 350 g/mol. The summed E-state index contributed by atoms with van der Waals surface area (Å²) in [4.78, 5) is 8.48. The van der Waals surface area contributed by atoms with Crippen LogP contribution in [0.5, 0.6) is 0 Å². The molecule has 0 saturated heterocycles. The maximum atomic E-state index is 9.57. The van der Waals surface area contributed by atoms with Crippen LogP contribution in [0, 0.1) is 11.3 Å². The van der Waals surface area contributed by atoms with Crippen molar-refractivity contribution in [2.45, 2.75) is 6.04 Å². The molecule has 8 heteroatoms. The highest BCUT2D eigenvalue weighted by atomic mass is 35.5. The van der Waals surface area contributed by atoms with Crippen molar-refractivity contribution in [3.63, 3.8) is 0 Å². The van der Waals surface area contributed by atoms with Crippen molar-refractivity contribution < 1.29 is 0 Å². The van der Waals surface area contributed by atoms with Gasteiger partial charge in [-0.1, -0.05) is 23.7 Å². The van der Waals surface area contributed by atoms with Gasteiger partial charge in [0.1, 0.15) is 11.9 Å². The van der Waals surface area contributed by atoms with E-state index < -0.39 is 6.04 Å². The molecule has 0 radical (unpaired) electrons. The minimum atomic E-state index is -0.413. The van der Waals surface area contributed by atoms with Crippen LogP contribution in [-0.2, 0) is 0 Å². The van der Waals surface area contributed by atoms with Gasteiger partial charge in [0.05, 0.1) is 11.6 Å². The van der Waals surface area contributed by atoms with Gasteiger partial charge in [-0.3, -0.25) is 4.98 Å². The summed E-state index contributed by atoms with van der Waals surface area (Å²) in [5, 5.41) is 17.8. The number of nitrogens with two attached hydrogens (primary N) is 1. The van der Waals surface area contributed by atoms with Crippen molar-refractivity contribution in [3.8, 4) is 17.5 Å². The molecule has 1 aliphatic rings. The lowest BCUT2D eigenvalue weighted by Gasteiger charge is -2.25. The van der Waals surface area contributed by atoms with Gasteiger partial charge in [0.25, 0.3) is 0 Å². The predicted octanol–water partition coefficient (Wildman–Crippen LogP) is 2.81. The second-order valence-corrected chi connectivity index (χ2v) is 5.88. The van der Waals surface area contributed by atoms with Gasteiger partial charge in [-0.2, -0.15) is 14.9 Å². The zero-order chi connectivity index (χ0) is 17.4. The minimum Gasteiger partial charge on any atom is -0.383 e. The number of rotatable bonds is 2. The normalized spacial score (nSPS) is 16.1. The van der Waals surface area contributed by atoms with E-state index in [0.29, 0.717) is 22.4 Å². The SMILES string of the molecule is N#CC1=C(N)n2nc(-c3ccncc3)nc2NC1c1ccc(Cl)cc1. The number of benzene rings is 1. The van der Waals surface area contributed by atoms with E-state index in [1.165, 1.54) is 4.68 Å². The fourth-order valence-electron chi connectivity index (χ4n) is 2.69. The minimum absolute atomic E-state index is 0.254. The number of hydrogen-bond acceptors (Lipinski definition) is 6. The van der Waals surface area contributed by atoms with E-state index in [1.807, 2.05) is 24.3 Å². The summed E-state index contributed by atoms with van der Waals surface area (Å²) in [7, 11) is 0. The van der Waals surface area contributed by atoms with E-state index in [1.54, 1.807) is 24.5 Å². The van der Waals surface area contributed by atoms with Crippen LogP contribution in [0.15, 0.2) is 54.4 Å². The van der Waals surface area contributed by atoms with Crippen LogP contribution in [0.4, 0.5) is 5.95 Å². The molecule has 25 heavy (non-hydrogen) atoms. The Morgan fingerprint density at radius 2 is 1.88 bits per heavy atom. The largest absolute Gasteiger partial charge is 0.383 e. The Morgan fingerprint density at radius 1 is 1.16 bits per heavy atom. The van der Waals surface area contributed by atoms with E-state index in [2.05, 4.69) is 26.5 Å². The Kier molecular flexibility index (Phi) is 3.60. The lowest BCUT2D eigenvalue weighted by atomic mass is 9.98. The average Bonchev–Trinajstić information content (AvgIpc) is 3.08. The quantitative estimate of drug-likeness (QED) is 0.737. The van der Waals surface area contributed by atoms with Crippen molar-refractivity contribution in [2.75, 3.05) is 5.32 Å². The number of aromatic nitrogens is 4. The van der Waals surface area contributed by atoms with Crippen LogP contribution < -0.4 is 11.1 Å². The van der Waals surface area contributed by atoms with Gasteiger partial charge in [-0.25, -0.2) is 0 Å². The van der Waals surface area contributed by atoms with Crippen molar-refractivity contribution >= 4 is 23.4 Å². The van der Waals surface area contributed by atoms with Crippen molar-refractivity contribution in [3.05, 3.63) is 65.0 Å². The van der Waals surface area contributed by atoms with Gasteiger partial charge < -0.3 is 11.1 Å². The number of fused-ring (bicyclic) bond motifs is 1. The number of halogens is 1. The third-order valence-corrected chi connectivity index (χ3v) is 4.19. The summed E-state index contributed by atoms with van der Waals surface area (Å²) in [6.45, 7) is 0. The molecule has 1 atom stereocenters. The molecule has 0 amide bonds. The summed E-state index contributed by atoms with van der Waals surface area (Å²) >= 11 is 5.95. The summed E-state index contributed by atoms with van der Waals surface area (Å²) < 4.78 is 1.45. The number of nitrogens with zero attached hydrogens (tertiary/aromatic N) is 5. The molecule has 3 N–H and O–H groups in total. The van der Waals surface area contributed by atoms with E-state index in [4.69, 9.17) is 17.3 Å². The zero-order valence-electron chi connectivity index (χ0n) is 12.9. The first-order valence-corrected chi connectivity index (χ1v) is 7.85. The molecular formula is C17H12ClN7. The third-order valence-electron chi connectivity index (χ3n) is 3.94. The molecule has 7 nitrogen and oxygen atoms in total. The van der Waals surface area contributed by atoms with Crippen LogP contribution in [0.25, 0.3) is 17.2 Å². The Bertz CT molecular complexity index is 1000. The molecule has 1 aliphatic heterocycles. The standard InChI is InChI=1S/C17H12ClN7/c18-12-3-1-10(2-4-12)14-13(9-19)15(20)25-17(22-14)23-16(24-25)11-5-7-21-8-6-11/h1-8,14H,20H2,(H,22,23,24). The zero-order valence-corrected chi connectivity index (χ0v) is 13.6. The molecule has 0 fully saturated rings. The second-order valence-electron chi connectivity index (χ2n) is 5.45. The summed E-state index contributed by atoms with van der Waals surface area (Å²) in [6, 6.07) is 12.6. The number of anilines is 1. The van der Waals surface area contributed by atoms with E-state index >= 15 is 0 Å². The Hall–Kier alpha value is -3.37. The van der Waals surface area contributed by atoms with Crippen LogP contribution in [-0.4, -0.2) is 19.7 Å². The van der Waals surface area contributed by atoms with Gasteiger partial charge in [0.2, 0.25) is 5.95 Å². The topological polar surface area (TPSA) is 105 Å². The first kappa shape index (κ1) is 15.2. The van der Waals surface area contributed by atoms with E-state index in [0.717, 1.165) is 11.1 Å². The van der Waals surface area contributed by atoms with Crippen molar-refractivity contribution in [1.82, 2.24) is 19.7 Å². The first-order chi connectivity index (χ1) is 12.2. The Morgan fingerprint density at radius 3 is 2.56 bits per heavy atom. The van der Waals surface area contributed by atoms with Crippen LogP contribution in [0.2, 0.25) is 5.02 Å². The highest BCUT2D eigenvalue weighted by molar-refractivity contribution is 6.30. The van der Waals surface area contributed by atoms with Gasteiger partial charge in [-0.05, 0) is 29.8 Å². The fourth-order valence-corrected chi connectivity index (χ4v) is 2.81. The van der Waals surface area contributed by atoms with Crippen LogP contribution in [0.3, 0.4) is 0 Å². The van der Waals surface area contributed by atoms with Gasteiger partial charge in [0, 0.05) is 23.0 Å². The molecule has 3 heterocycles. The van der Waals surface area contributed by atoms with Gasteiger partial charge in [-0.15, -0.1) is 5.10 Å². The van der Waals surface area contributed by atoms with E-state index in [9.17, 15) is 5.26 Å². The highest BCUT2D eigenvalue weighted by Gasteiger charge is 2.29. The molecule has 3 aromatic rings. The fraction of sp³-hybridized carbons (Fsp3) is 0.0588. The van der Waals surface area contributed by atoms with Gasteiger partial charge >= 0.3 is 0 Å². The summed E-state index contributed by atoms with van der Waals surface area (Å²) in [5.41, 5.74) is 8.24.